The van der Waals surface area contributed by atoms with Gasteiger partial charge in [-0.2, -0.15) is 0 Å². The van der Waals surface area contributed by atoms with Crippen LogP contribution in [0.2, 0.25) is 0 Å². The maximum absolute atomic E-state index is 7.44. The molecule has 0 amide bonds. The minimum atomic E-state index is 1.54. The molecule has 0 saturated heterocycles. The SMILES string of the molecule is N#[13C][13C]#P. The molecule has 4 heavy (non-hydrogen) atoms. The van der Waals surface area contributed by atoms with Gasteiger partial charge in [-0.25, -0.2) is 0 Å². The van der Waals surface area contributed by atoms with Gasteiger partial charge in [-0.05, 0) is 0 Å². The Morgan fingerprint density at radius 3 is 2.00 bits per heavy atom. The molecule has 0 aliphatic rings. The molecule has 0 saturated carbocycles. The topological polar surface area (TPSA) is 23.8 Å². The molecule has 0 unspecified atom stereocenters. The molecular weight excluding hydrogens is 71.0 g/mol. The molecule has 0 rings (SSSR count). The van der Waals surface area contributed by atoms with Gasteiger partial charge in [-0.3, -0.25) is 0 Å². The number of hydrogen-bond donors (Lipinski definition) is 0. The summed E-state index contributed by atoms with van der Waals surface area (Å²) in [7, 11) is 3.31. The van der Waals surface area contributed by atoms with Gasteiger partial charge in [0.05, 0.1) is 0 Å². The first-order valence-corrected chi connectivity index (χ1v) is 1.14. The van der Waals surface area contributed by atoms with Crippen molar-refractivity contribution in [3.8, 4) is 11.7 Å². The zero-order chi connectivity index (χ0) is 3.41. The van der Waals surface area contributed by atoms with Crippen LogP contribution in [0.3, 0.4) is 0 Å². The molecule has 0 aromatic heterocycles. The first kappa shape index (κ1) is 3.70. The van der Waals surface area contributed by atoms with Crippen molar-refractivity contribution < 1.29 is 0 Å². The van der Waals surface area contributed by atoms with Gasteiger partial charge in [0.15, 0.2) is 0 Å². The fraction of sp³-hybridized carbons (Fsp3) is 0. The van der Waals surface area contributed by atoms with E-state index >= 15 is 0 Å². The fourth-order valence-corrected chi connectivity index (χ4v) is 0. The van der Waals surface area contributed by atoms with E-state index < -0.39 is 0 Å². The zero-order valence-corrected chi connectivity index (χ0v) is 2.79. The first-order chi connectivity index (χ1) is 1.91. The summed E-state index contributed by atoms with van der Waals surface area (Å²) in [6, 6.07) is 1.54. The van der Waals surface area contributed by atoms with E-state index in [1.54, 1.807) is 6.07 Å². The maximum atomic E-state index is 7.44. The second kappa shape index (κ2) is 2.70. The van der Waals surface area contributed by atoms with E-state index in [2.05, 4.69) is 8.70 Å². The Morgan fingerprint density at radius 2 is 2.00 bits per heavy atom. The molecule has 1 nitrogen and oxygen atoms in total. The summed E-state index contributed by atoms with van der Waals surface area (Å²) in [6.45, 7) is 0. The van der Waals surface area contributed by atoms with Gasteiger partial charge in [0.2, 0.25) is 0 Å². The normalized spacial score (nSPS) is 2.50. The Hall–Kier alpha value is -0.300. The van der Waals surface area contributed by atoms with E-state index in [0.29, 0.717) is 0 Å². The van der Waals surface area contributed by atoms with Crippen LogP contribution in [0, 0.1) is 17.0 Å². The number of hydrogen-bond acceptors (Lipinski definition) is 1. The molecule has 0 spiro atoms. The molecule has 0 aliphatic heterocycles. The van der Waals surface area contributed by atoms with Crippen molar-refractivity contribution in [2.24, 2.45) is 0 Å². The van der Waals surface area contributed by atoms with E-state index in [9.17, 15) is 0 Å². The summed E-state index contributed by atoms with van der Waals surface area (Å²) >= 11 is 0. The summed E-state index contributed by atoms with van der Waals surface area (Å²) in [4.78, 5) is 0. The summed E-state index contributed by atoms with van der Waals surface area (Å²) in [5, 5.41) is 7.44. The van der Waals surface area contributed by atoms with E-state index in [4.69, 9.17) is 5.26 Å². The van der Waals surface area contributed by atoms with E-state index in [-0.39, 0.29) is 0 Å². The van der Waals surface area contributed by atoms with Gasteiger partial charge in [0.25, 0.3) is 0 Å². The second-order valence-electron chi connectivity index (χ2n) is 0.224. The molecule has 18 valence electrons. The average molecular weight is 71.0 g/mol. The predicted octanol–water partition coefficient (Wildman–Crippen LogP) is 0.880. The quantitative estimate of drug-likeness (QED) is 0.307. The molecule has 0 heterocycles. The van der Waals surface area contributed by atoms with Crippen molar-refractivity contribution in [2.45, 2.75) is 0 Å². The van der Waals surface area contributed by atoms with Crippen LogP contribution in [0.5, 0.6) is 0 Å². The first-order valence-electron chi connectivity index (χ1n) is 0.697. The summed E-state index contributed by atoms with van der Waals surface area (Å²) in [5.74, 6) is 0. The molecule has 0 radical (unpaired) electrons. The summed E-state index contributed by atoms with van der Waals surface area (Å²) in [6.07, 6.45) is 0. The second-order valence-corrected chi connectivity index (χ2v) is 0.447. The Morgan fingerprint density at radius 1 is 1.75 bits per heavy atom. The van der Waals surface area contributed by atoms with Crippen molar-refractivity contribution in [1.29, 1.82) is 5.26 Å². The van der Waals surface area contributed by atoms with Crippen molar-refractivity contribution >= 4 is 8.70 Å². The van der Waals surface area contributed by atoms with E-state index in [1.807, 2.05) is 5.63 Å². The van der Waals surface area contributed by atoms with Crippen LogP contribution in [0.4, 0.5) is 0 Å². The molecular formula is C2NP. The molecule has 0 aliphatic carbocycles. The van der Waals surface area contributed by atoms with Gasteiger partial charge < -0.3 is 0 Å². The minimum absolute atomic E-state index is 1.54. The number of nitriles is 1. The van der Waals surface area contributed by atoms with Gasteiger partial charge in [0.1, 0.15) is 0 Å². The van der Waals surface area contributed by atoms with Crippen LogP contribution in [0.1, 0.15) is 0 Å². The number of rotatable bonds is 0. The third-order valence-electron chi connectivity index (χ3n) is 0.0500. The van der Waals surface area contributed by atoms with E-state index in [0.717, 1.165) is 0 Å². The molecule has 0 N–H and O–H groups in total. The van der Waals surface area contributed by atoms with Crippen molar-refractivity contribution in [2.75, 3.05) is 0 Å². The molecule has 0 atom stereocenters. The average Bonchev–Trinajstić information content (AvgIpc) is 1.37. The Kier molecular flexibility index (Phi) is 2.50. The monoisotopic (exact) mass is 71.0 g/mol. The molecule has 2 heteroatoms. The Labute approximate surface area is 26.7 Å². The summed E-state index contributed by atoms with van der Waals surface area (Å²) < 4.78 is 0. The zero-order valence-electron chi connectivity index (χ0n) is 1.89. The van der Waals surface area contributed by atoms with Gasteiger partial charge in [-0.15, -0.1) is 0 Å². The standard InChI is InChI=1S/C2NP/c3-1-2-4/i1+1,2+1. The summed E-state index contributed by atoms with van der Waals surface area (Å²) in [5.41, 5.74) is 1.93. The molecule has 0 fully saturated rings. The van der Waals surface area contributed by atoms with Crippen LogP contribution >= 0.6 is 8.70 Å². The number of nitrogens with zero attached hydrogens (tertiary/aromatic N) is 1. The van der Waals surface area contributed by atoms with Crippen LogP contribution in [0.25, 0.3) is 0 Å². The predicted molar refractivity (Wildman–Crippen MR) is 16.4 cm³/mol. The van der Waals surface area contributed by atoms with Gasteiger partial charge >= 0.3 is 25.7 Å². The van der Waals surface area contributed by atoms with Crippen molar-refractivity contribution in [3.63, 3.8) is 0 Å². The van der Waals surface area contributed by atoms with Gasteiger partial charge in [0, 0.05) is 0 Å². The Balaban J connectivity index is 3.14. The van der Waals surface area contributed by atoms with Gasteiger partial charge in [-0.1, -0.05) is 0 Å². The third kappa shape index (κ3) is 1.70. The van der Waals surface area contributed by atoms with Crippen molar-refractivity contribution in [1.82, 2.24) is 0 Å². The van der Waals surface area contributed by atoms with Crippen LogP contribution in [0.15, 0.2) is 0 Å². The van der Waals surface area contributed by atoms with Crippen LogP contribution in [-0.4, -0.2) is 0 Å². The molecule has 0 aromatic carbocycles. The molecule has 0 aromatic rings. The van der Waals surface area contributed by atoms with Crippen LogP contribution in [-0.2, 0) is 0 Å². The third-order valence-corrected chi connectivity index (χ3v) is 0.150. The van der Waals surface area contributed by atoms with Crippen LogP contribution < -0.4 is 0 Å². The van der Waals surface area contributed by atoms with Crippen molar-refractivity contribution in [3.05, 3.63) is 0 Å². The molecule has 0 bridgehead atoms. The van der Waals surface area contributed by atoms with E-state index in [1.165, 1.54) is 0 Å². The fourth-order valence-electron chi connectivity index (χ4n) is 0. The Bertz CT molecular complexity index is 61.0.